The van der Waals surface area contributed by atoms with Crippen LogP contribution in [0.4, 0.5) is 4.79 Å². The highest BCUT2D eigenvalue weighted by atomic mass is 16.5. The smallest absolute Gasteiger partial charge is 0.408 e. The average molecular weight is 741 g/mol. The van der Waals surface area contributed by atoms with E-state index in [0.29, 0.717) is 0 Å². The van der Waals surface area contributed by atoms with Crippen molar-refractivity contribution in [3.8, 4) is 0 Å². The normalized spacial score (nSPS) is 15.1. The van der Waals surface area contributed by atoms with Gasteiger partial charge in [-0.05, 0) is 50.2 Å². The third-order valence-corrected chi connectivity index (χ3v) is 8.48. The number of ether oxygens (including phenoxy) is 2. The number of rotatable bonds is 20. The Morgan fingerprint density at radius 1 is 0.604 bits per heavy atom. The van der Waals surface area contributed by atoms with Crippen LogP contribution in [0.3, 0.4) is 0 Å². The lowest BCUT2D eigenvalue weighted by atomic mass is 9.99. The maximum absolute atomic E-state index is 13.3. The van der Waals surface area contributed by atoms with Crippen molar-refractivity contribution in [2.75, 3.05) is 13.7 Å². The zero-order valence-electron chi connectivity index (χ0n) is 31.8. The molecule has 7 N–H and O–H groups in total. The maximum atomic E-state index is 13.3. The first-order chi connectivity index (χ1) is 25.0. The Morgan fingerprint density at radius 2 is 1.09 bits per heavy atom. The van der Waals surface area contributed by atoms with Crippen LogP contribution in [-0.4, -0.2) is 96.8 Å². The molecule has 0 aliphatic heterocycles. The van der Waals surface area contributed by atoms with Crippen LogP contribution < -0.4 is 31.9 Å². The molecule has 0 aromatic heterocycles. The molecule has 2 aromatic carbocycles. The second-order valence-electron chi connectivity index (χ2n) is 13.6. The number of esters is 1. The van der Waals surface area contributed by atoms with E-state index in [1.807, 2.05) is 48.5 Å². The fourth-order valence-electron chi connectivity index (χ4n) is 5.08. The second-order valence-corrected chi connectivity index (χ2v) is 13.6. The molecule has 15 nitrogen and oxygen atoms in total. The first kappa shape index (κ1) is 44.1. The molecule has 0 radical (unpaired) electrons. The summed E-state index contributed by atoms with van der Waals surface area (Å²) in [5, 5.41) is 27.4. The lowest BCUT2D eigenvalue weighted by Gasteiger charge is -2.29. The van der Waals surface area contributed by atoms with Crippen molar-refractivity contribution in [3.63, 3.8) is 0 Å². The zero-order chi connectivity index (χ0) is 39.7. The minimum Gasteiger partial charge on any atom is -0.467 e. The standard InChI is InChI=1S/C38H56N6O9/c1-22(2)31(36(49)44-32(23(3)4)37(50)52-8)43-33(46)24(5)39-20-30(45)29(19-27-15-11-9-12-16-27)42-35(48)25(6)40-34(47)26(7)41-38(51)53-21-28-17-13-10-14-18-28/h9-18,22-26,29-32,39,45H,19-21H2,1-8H3,(H,40,47)(H,41,51)(H,42,48)(H,43,46)(H,44,49)/t24-,25+,26+,29+,30+,31+,32+/m1/s1. The van der Waals surface area contributed by atoms with Gasteiger partial charge in [-0.3, -0.25) is 19.2 Å². The van der Waals surface area contributed by atoms with E-state index >= 15 is 0 Å². The van der Waals surface area contributed by atoms with E-state index in [9.17, 15) is 33.9 Å². The van der Waals surface area contributed by atoms with Gasteiger partial charge in [0.05, 0.1) is 25.3 Å². The molecule has 0 saturated heterocycles. The molecule has 0 saturated carbocycles. The molecule has 292 valence electrons. The van der Waals surface area contributed by atoms with E-state index in [1.54, 1.807) is 46.8 Å². The number of aliphatic hydroxyl groups is 1. The molecular formula is C38H56N6O9. The van der Waals surface area contributed by atoms with Gasteiger partial charge < -0.3 is 46.5 Å². The number of amides is 5. The third kappa shape index (κ3) is 15.2. The van der Waals surface area contributed by atoms with Gasteiger partial charge in [-0.15, -0.1) is 0 Å². The summed E-state index contributed by atoms with van der Waals surface area (Å²) in [5.74, 6) is -3.42. The van der Waals surface area contributed by atoms with Crippen molar-refractivity contribution in [3.05, 3.63) is 71.8 Å². The van der Waals surface area contributed by atoms with Crippen molar-refractivity contribution in [1.82, 2.24) is 31.9 Å². The fourth-order valence-corrected chi connectivity index (χ4v) is 5.08. The van der Waals surface area contributed by atoms with Crippen molar-refractivity contribution in [2.45, 2.75) is 104 Å². The predicted molar refractivity (Wildman–Crippen MR) is 198 cm³/mol. The van der Waals surface area contributed by atoms with Crippen LogP contribution in [0.1, 0.15) is 59.6 Å². The molecule has 2 rings (SSSR count). The van der Waals surface area contributed by atoms with Gasteiger partial charge in [-0.2, -0.15) is 0 Å². The molecule has 2 aromatic rings. The summed E-state index contributed by atoms with van der Waals surface area (Å²) in [6, 6.07) is 12.6. The lowest BCUT2D eigenvalue weighted by Crippen LogP contribution is -2.58. The summed E-state index contributed by atoms with van der Waals surface area (Å²) in [6.45, 7) is 11.4. The topological polar surface area (TPSA) is 213 Å². The van der Waals surface area contributed by atoms with Gasteiger partial charge in [-0.25, -0.2) is 9.59 Å². The van der Waals surface area contributed by atoms with Crippen molar-refractivity contribution in [1.29, 1.82) is 0 Å². The second kappa shape index (κ2) is 22.1. The van der Waals surface area contributed by atoms with Crippen molar-refractivity contribution in [2.24, 2.45) is 11.8 Å². The molecule has 7 atom stereocenters. The number of carbonyl (C=O) groups excluding carboxylic acids is 6. The Bertz CT molecular complexity index is 1490. The molecule has 53 heavy (non-hydrogen) atoms. The van der Waals surface area contributed by atoms with Crippen LogP contribution in [0.5, 0.6) is 0 Å². The van der Waals surface area contributed by atoms with E-state index in [2.05, 4.69) is 31.9 Å². The highest BCUT2D eigenvalue weighted by Gasteiger charge is 2.32. The van der Waals surface area contributed by atoms with Gasteiger partial charge in [0, 0.05) is 6.54 Å². The number of carbonyl (C=O) groups is 6. The molecule has 0 fully saturated rings. The summed E-state index contributed by atoms with van der Waals surface area (Å²) < 4.78 is 9.97. The predicted octanol–water partition coefficient (Wildman–Crippen LogP) is 1.33. The van der Waals surface area contributed by atoms with Crippen LogP contribution in [0.25, 0.3) is 0 Å². The number of hydrogen-bond donors (Lipinski definition) is 7. The van der Waals surface area contributed by atoms with E-state index in [-0.39, 0.29) is 31.4 Å². The first-order valence-corrected chi connectivity index (χ1v) is 17.8. The fraction of sp³-hybridized carbons (Fsp3) is 0.526. The number of nitrogens with one attached hydrogen (secondary N) is 6. The first-order valence-electron chi connectivity index (χ1n) is 17.8. The van der Waals surface area contributed by atoms with Gasteiger partial charge >= 0.3 is 12.1 Å². The van der Waals surface area contributed by atoms with Crippen LogP contribution >= 0.6 is 0 Å². The molecule has 0 spiro atoms. The zero-order valence-corrected chi connectivity index (χ0v) is 31.8. The minimum absolute atomic E-state index is 0.0240. The summed E-state index contributed by atoms with van der Waals surface area (Å²) in [6.07, 6.45) is -1.75. The highest BCUT2D eigenvalue weighted by Crippen LogP contribution is 2.10. The van der Waals surface area contributed by atoms with Gasteiger partial charge in [0.2, 0.25) is 23.6 Å². The molecule has 0 aliphatic rings. The number of hydrogen-bond acceptors (Lipinski definition) is 10. The summed E-state index contributed by atoms with van der Waals surface area (Å²) in [4.78, 5) is 76.7. The maximum Gasteiger partial charge on any atom is 0.408 e. The SMILES string of the molecule is COC(=O)[C@@H](NC(=O)[C@@H](NC(=O)[C@@H](C)NC[C@H](O)[C@H](Cc1ccccc1)NC(=O)[C@H](C)NC(=O)[C@H](C)NC(=O)OCc1ccccc1)C(C)C)C(C)C. The molecule has 15 heteroatoms. The third-order valence-electron chi connectivity index (χ3n) is 8.48. The van der Waals surface area contributed by atoms with E-state index in [0.717, 1.165) is 11.1 Å². The van der Waals surface area contributed by atoms with Crippen LogP contribution in [-0.2, 0) is 46.5 Å². The summed E-state index contributed by atoms with van der Waals surface area (Å²) in [5.41, 5.74) is 1.60. The number of benzene rings is 2. The minimum atomic E-state index is -1.19. The lowest BCUT2D eigenvalue weighted by molar-refractivity contribution is -0.146. The molecule has 0 bridgehead atoms. The molecule has 0 unspecified atom stereocenters. The highest BCUT2D eigenvalue weighted by molar-refractivity contribution is 5.92. The van der Waals surface area contributed by atoms with Crippen molar-refractivity contribution >= 4 is 35.7 Å². The summed E-state index contributed by atoms with van der Waals surface area (Å²) >= 11 is 0. The Labute approximate surface area is 311 Å². The van der Waals surface area contributed by atoms with Crippen LogP contribution in [0.2, 0.25) is 0 Å². The monoisotopic (exact) mass is 740 g/mol. The largest absolute Gasteiger partial charge is 0.467 e. The Balaban J connectivity index is 2.00. The number of methoxy groups -OCH3 is 1. The van der Waals surface area contributed by atoms with E-state index < -0.39 is 78.0 Å². The molecule has 0 heterocycles. The summed E-state index contributed by atoms with van der Waals surface area (Å²) in [7, 11) is 1.23. The van der Waals surface area contributed by atoms with E-state index in [4.69, 9.17) is 9.47 Å². The van der Waals surface area contributed by atoms with Crippen LogP contribution in [0, 0.1) is 11.8 Å². The van der Waals surface area contributed by atoms with Gasteiger partial charge in [0.1, 0.15) is 30.8 Å². The van der Waals surface area contributed by atoms with Gasteiger partial charge in [0.15, 0.2) is 0 Å². The van der Waals surface area contributed by atoms with E-state index in [1.165, 1.54) is 21.0 Å². The Kier molecular flexibility index (Phi) is 18.4. The molecule has 5 amide bonds. The van der Waals surface area contributed by atoms with Crippen molar-refractivity contribution < 1.29 is 43.3 Å². The molecular weight excluding hydrogens is 684 g/mol. The Morgan fingerprint density at radius 3 is 1.64 bits per heavy atom. The Hall–Kier alpha value is -5.02. The van der Waals surface area contributed by atoms with Crippen LogP contribution in [0.15, 0.2) is 60.7 Å². The molecule has 0 aliphatic carbocycles. The quantitative estimate of drug-likeness (QED) is 0.0968. The van der Waals surface area contributed by atoms with Gasteiger partial charge in [0.25, 0.3) is 0 Å². The average Bonchev–Trinajstić information content (AvgIpc) is 3.13. The number of alkyl carbamates (subject to hydrolysis) is 1. The number of aliphatic hydroxyl groups excluding tert-OH is 1. The van der Waals surface area contributed by atoms with Gasteiger partial charge in [-0.1, -0.05) is 88.4 Å².